The lowest BCUT2D eigenvalue weighted by molar-refractivity contribution is -0.888. The van der Waals surface area contributed by atoms with Gasteiger partial charge < -0.3 is 15.5 Å². The molecule has 0 aliphatic heterocycles. The van der Waals surface area contributed by atoms with Crippen LogP contribution in [0.25, 0.3) is 0 Å². The van der Waals surface area contributed by atoms with Crippen LogP contribution in [0.5, 0.6) is 0 Å². The number of quaternary nitrogens is 1. The molecule has 21 heavy (non-hydrogen) atoms. The molecule has 0 radical (unpaired) electrons. The Morgan fingerprint density at radius 2 is 1.71 bits per heavy atom. The zero-order chi connectivity index (χ0) is 16.0. The molecule has 0 spiro atoms. The van der Waals surface area contributed by atoms with Crippen LogP contribution in [-0.2, 0) is 9.59 Å². The molecule has 0 aliphatic carbocycles. The summed E-state index contributed by atoms with van der Waals surface area (Å²) in [5.41, 5.74) is 3.40. The predicted molar refractivity (Wildman–Crippen MR) is 85.8 cm³/mol. The molecule has 0 fully saturated rings. The highest BCUT2D eigenvalue weighted by atomic mass is 16.2. The van der Waals surface area contributed by atoms with E-state index < -0.39 is 0 Å². The van der Waals surface area contributed by atoms with Crippen molar-refractivity contribution < 1.29 is 14.5 Å². The van der Waals surface area contributed by atoms with E-state index in [1.807, 2.05) is 26.0 Å². The van der Waals surface area contributed by atoms with E-state index in [4.69, 9.17) is 0 Å². The molecular weight excluding hydrogens is 266 g/mol. The highest BCUT2D eigenvalue weighted by Crippen LogP contribution is 2.27. The van der Waals surface area contributed by atoms with Gasteiger partial charge in [-0.2, -0.15) is 0 Å². The number of carbonyl (C=O) groups is 2. The predicted octanol–water partition coefficient (Wildman–Crippen LogP) is 1.13. The summed E-state index contributed by atoms with van der Waals surface area (Å²) in [7, 11) is 0. The number of hydrogen-bond acceptors (Lipinski definition) is 2. The second-order valence-corrected chi connectivity index (χ2v) is 5.29. The molecule has 0 aromatic heterocycles. The first-order valence-electron chi connectivity index (χ1n) is 7.40. The van der Waals surface area contributed by atoms with Gasteiger partial charge in [-0.3, -0.25) is 9.59 Å². The Hall–Kier alpha value is -1.88. The number of carbonyl (C=O) groups excluding carboxylic acids is 2. The van der Waals surface area contributed by atoms with E-state index in [0.717, 1.165) is 35.6 Å². The molecule has 0 atom stereocenters. The van der Waals surface area contributed by atoms with Crippen LogP contribution in [0.2, 0.25) is 0 Å². The summed E-state index contributed by atoms with van der Waals surface area (Å²) < 4.78 is 0. The van der Waals surface area contributed by atoms with Crippen molar-refractivity contribution >= 4 is 23.2 Å². The summed E-state index contributed by atoms with van der Waals surface area (Å²) in [4.78, 5) is 24.6. The van der Waals surface area contributed by atoms with Gasteiger partial charge in [-0.15, -0.1) is 0 Å². The number of hydrogen-bond donors (Lipinski definition) is 3. The molecule has 3 N–H and O–H groups in total. The number of amides is 2. The standard InChI is InChI=1S/C16H25N3O2/c1-6-19(7-2)10-15(21)18-16-11(3)8-9-14(12(16)4)17-13(5)20/h8-9H,6-7,10H2,1-5H3,(H,17,20)(H,18,21)/p+1. The Morgan fingerprint density at radius 1 is 1.10 bits per heavy atom. The van der Waals surface area contributed by atoms with Crippen molar-refractivity contribution in [3.05, 3.63) is 23.3 Å². The zero-order valence-corrected chi connectivity index (χ0v) is 13.6. The van der Waals surface area contributed by atoms with Crippen LogP contribution in [0.3, 0.4) is 0 Å². The molecule has 0 saturated heterocycles. The summed E-state index contributed by atoms with van der Waals surface area (Å²) >= 11 is 0. The van der Waals surface area contributed by atoms with Crippen LogP contribution in [0, 0.1) is 13.8 Å². The quantitative estimate of drug-likeness (QED) is 0.736. The van der Waals surface area contributed by atoms with Gasteiger partial charge in [0.1, 0.15) is 0 Å². The SMILES string of the molecule is CC[NH+](CC)CC(=O)Nc1c(C)ccc(NC(C)=O)c1C. The van der Waals surface area contributed by atoms with Crippen molar-refractivity contribution in [2.24, 2.45) is 0 Å². The topological polar surface area (TPSA) is 62.6 Å². The molecular formula is C16H26N3O2+. The van der Waals surface area contributed by atoms with E-state index in [-0.39, 0.29) is 11.8 Å². The molecule has 0 bridgehead atoms. The average Bonchev–Trinajstić information content (AvgIpc) is 2.43. The summed E-state index contributed by atoms with van der Waals surface area (Å²) in [6, 6.07) is 3.76. The number of anilines is 2. The normalized spacial score (nSPS) is 10.6. The van der Waals surface area contributed by atoms with Crippen molar-refractivity contribution in [3.63, 3.8) is 0 Å². The molecule has 0 heterocycles. The second-order valence-electron chi connectivity index (χ2n) is 5.29. The Bertz CT molecular complexity index is 522. The molecule has 2 amide bonds. The van der Waals surface area contributed by atoms with E-state index in [1.165, 1.54) is 11.8 Å². The molecule has 0 aliphatic rings. The summed E-state index contributed by atoms with van der Waals surface area (Å²) in [6.45, 7) is 11.8. The smallest absolute Gasteiger partial charge is 0.279 e. The number of rotatable bonds is 6. The average molecular weight is 292 g/mol. The summed E-state index contributed by atoms with van der Waals surface area (Å²) in [6.07, 6.45) is 0. The fraction of sp³-hybridized carbons (Fsp3) is 0.500. The third-order valence-electron chi connectivity index (χ3n) is 3.66. The molecule has 1 aromatic carbocycles. The Kier molecular flexibility index (Phi) is 6.37. The van der Waals surface area contributed by atoms with Crippen LogP contribution >= 0.6 is 0 Å². The highest BCUT2D eigenvalue weighted by Gasteiger charge is 2.15. The molecule has 0 saturated carbocycles. The van der Waals surface area contributed by atoms with Crippen molar-refractivity contribution in [2.45, 2.75) is 34.6 Å². The lowest BCUT2D eigenvalue weighted by atomic mass is 10.1. The lowest BCUT2D eigenvalue weighted by Crippen LogP contribution is -3.12. The van der Waals surface area contributed by atoms with E-state index in [0.29, 0.717) is 6.54 Å². The van der Waals surface area contributed by atoms with Gasteiger partial charge in [0.15, 0.2) is 6.54 Å². The molecule has 1 aromatic rings. The van der Waals surface area contributed by atoms with Crippen molar-refractivity contribution in [2.75, 3.05) is 30.3 Å². The Balaban J connectivity index is 2.91. The van der Waals surface area contributed by atoms with Gasteiger partial charge >= 0.3 is 0 Å². The molecule has 0 unspecified atom stereocenters. The first kappa shape index (κ1) is 17.2. The number of likely N-dealkylation sites (N-methyl/N-ethyl adjacent to an activating group) is 1. The van der Waals surface area contributed by atoms with Gasteiger partial charge in [0.25, 0.3) is 5.91 Å². The van der Waals surface area contributed by atoms with Gasteiger partial charge in [0.2, 0.25) is 5.91 Å². The van der Waals surface area contributed by atoms with E-state index in [1.54, 1.807) is 0 Å². The van der Waals surface area contributed by atoms with Gasteiger partial charge in [0.05, 0.1) is 13.1 Å². The Morgan fingerprint density at radius 3 is 2.24 bits per heavy atom. The van der Waals surface area contributed by atoms with Crippen molar-refractivity contribution in [1.29, 1.82) is 0 Å². The van der Waals surface area contributed by atoms with E-state index >= 15 is 0 Å². The minimum atomic E-state index is -0.119. The van der Waals surface area contributed by atoms with Crippen LogP contribution in [0.15, 0.2) is 12.1 Å². The maximum atomic E-state index is 12.2. The third-order valence-corrected chi connectivity index (χ3v) is 3.66. The van der Waals surface area contributed by atoms with Crippen LogP contribution in [0.1, 0.15) is 31.9 Å². The number of aryl methyl sites for hydroxylation is 1. The fourth-order valence-corrected chi connectivity index (χ4v) is 2.28. The molecule has 5 nitrogen and oxygen atoms in total. The zero-order valence-electron chi connectivity index (χ0n) is 13.6. The monoisotopic (exact) mass is 292 g/mol. The summed E-state index contributed by atoms with van der Waals surface area (Å²) in [5.74, 6) is -0.119. The summed E-state index contributed by atoms with van der Waals surface area (Å²) in [5, 5.41) is 5.76. The van der Waals surface area contributed by atoms with Gasteiger partial charge in [-0.1, -0.05) is 6.07 Å². The van der Waals surface area contributed by atoms with Gasteiger partial charge in [-0.25, -0.2) is 0 Å². The molecule has 5 heteroatoms. The first-order valence-corrected chi connectivity index (χ1v) is 7.40. The minimum Gasteiger partial charge on any atom is -0.328 e. The van der Waals surface area contributed by atoms with Crippen molar-refractivity contribution in [3.8, 4) is 0 Å². The highest BCUT2D eigenvalue weighted by molar-refractivity contribution is 5.96. The van der Waals surface area contributed by atoms with Crippen LogP contribution in [0.4, 0.5) is 11.4 Å². The minimum absolute atomic E-state index is 0.000116. The Labute approximate surface area is 126 Å². The van der Waals surface area contributed by atoms with Crippen LogP contribution in [-0.4, -0.2) is 31.4 Å². The fourth-order valence-electron chi connectivity index (χ4n) is 2.28. The van der Waals surface area contributed by atoms with Gasteiger partial charge in [-0.05, 0) is 44.9 Å². The van der Waals surface area contributed by atoms with Crippen LogP contribution < -0.4 is 15.5 Å². The number of benzene rings is 1. The lowest BCUT2D eigenvalue weighted by Gasteiger charge is -2.18. The third kappa shape index (κ3) is 4.86. The maximum absolute atomic E-state index is 12.2. The van der Waals surface area contributed by atoms with Gasteiger partial charge in [0, 0.05) is 18.3 Å². The maximum Gasteiger partial charge on any atom is 0.279 e. The number of nitrogens with one attached hydrogen (secondary N) is 3. The largest absolute Gasteiger partial charge is 0.328 e. The van der Waals surface area contributed by atoms with E-state index in [2.05, 4.69) is 24.5 Å². The second kappa shape index (κ2) is 7.78. The first-order chi connectivity index (χ1) is 9.88. The van der Waals surface area contributed by atoms with E-state index in [9.17, 15) is 9.59 Å². The molecule has 1 rings (SSSR count). The molecule has 116 valence electrons. The van der Waals surface area contributed by atoms with Crippen molar-refractivity contribution in [1.82, 2.24) is 0 Å².